The van der Waals surface area contributed by atoms with Gasteiger partial charge < -0.3 is 14.3 Å². The topological polar surface area (TPSA) is 80.2 Å². The Balaban J connectivity index is 1.49. The Morgan fingerprint density at radius 3 is 2.83 bits per heavy atom. The quantitative estimate of drug-likeness (QED) is 0.872. The van der Waals surface area contributed by atoms with Crippen LogP contribution in [-0.2, 0) is 19.5 Å². The van der Waals surface area contributed by atoms with Gasteiger partial charge in [0, 0.05) is 19.0 Å². The van der Waals surface area contributed by atoms with Crippen LogP contribution in [-0.4, -0.2) is 39.2 Å². The van der Waals surface area contributed by atoms with Gasteiger partial charge in [-0.05, 0) is 33.2 Å². The van der Waals surface area contributed by atoms with Crippen molar-refractivity contribution in [1.29, 1.82) is 0 Å². The summed E-state index contributed by atoms with van der Waals surface area (Å²) in [4.78, 5) is 11.2. The Bertz CT molecular complexity index is 617. The minimum Gasteiger partial charge on any atom is -0.444 e. The van der Waals surface area contributed by atoms with Crippen LogP contribution in [0, 0.1) is 13.8 Å². The van der Waals surface area contributed by atoms with Crippen molar-refractivity contribution in [2.75, 3.05) is 13.1 Å². The smallest absolute Gasteiger partial charge is 0.226 e. The van der Waals surface area contributed by atoms with Crippen molar-refractivity contribution >= 4 is 0 Å². The van der Waals surface area contributed by atoms with Crippen LogP contribution in [0.2, 0.25) is 0 Å². The first-order chi connectivity index (χ1) is 11.1. The Hall–Kier alpha value is -1.73. The fraction of sp³-hybridized carbons (Fsp3) is 0.688. The summed E-state index contributed by atoms with van der Waals surface area (Å²) in [5.41, 5.74) is 0.968. The van der Waals surface area contributed by atoms with Crippen LogP contribution >= 0.6 is 0 Å². The van der Waals surface area contributed by atoms with Gasteiger partial charge in [-0.1, -0.05) is 12.1 Å². The number of nitrogens with one attached hydrogen (secondary N) is 1. The van der Waals surface area contributed by atoms with E-state index in [1.165, 1.54) is 12.8 Å². The number of oxazole rings is 1. The normalized spacial score (nSPS) is 19.3. The van der Waals surface area contributed by atoms with Crippen LogP contribution in [0.1, 0.15) is 48.8 Å². The van der Waals surface area contributed by atoms with E-state index in [4.69, 9.17) is 8.94 Å². The number of hydrogen-bond acceptors (Lipinski definition) is 7. The van der Waals surface area contributed by atoms with Crippen molar-refractivity contribution in [1.82, 2.24) is 25.3 Å². The van der Waals surface area contributed by atoms with Crippen LogP contribution in [0.15, 0.2) is 8.94 Å². The predicted molar refractivity (Wildman–Crippen MR) is 84.8 cm³/mol. The molecule has 1 saturated heterocycles. The lowest BCUT2D eigenvalue weighted by Gasteiger charge is -2.32. The highest BCUT2D eigenvalue weighted by atomic mass is 16.5. The third kappa shape index (κ3) is 4.17. The molecule has 0 aliphatic carbocycles. The first-order valence-corrected chi connectivity index (χ1v) is 8.34. The van der Waals surface area contributed by atoms with Gasteiger partial charge in [0.05, 0.1) is 18.8 Å². The van der Waals surface area contributed by atoms with Crippen molar-refractivity contribution in [3.05, 3.63) is 29.1 Å². The SMILES string of the molecule is CCc1nc(CN2CCC[C@@H](NCc3nc(C)c(C)o3)C2)no1. The zero-order valence-corrected chi connectivity index (χ0v) is 14.1. The molecule has 0 unspecified atom stereocenters. The summed E-state index contributed by atoms with van der Waals surface area (Å²) in [5.74, 6) is 3.15. The van der Waals surface area contributed by atoms with E-state index in [9.17, 15) is 0 Å². The summed E-state index contributed by atoms with van der Waals surface area (Å²) >= 11 is 0. The Kier molecular flexibility index (Phi) is 5.07. The largest absolute Gasteiger partial charge is 0.444 e. The second-order valence-electron chi connectivity index (χ2n) is 6.16. The summed E-state index contributed by atoms with van der Waals surface area (Å²) in [6.07, 6.45) is 3.12. The molecule has 0 radical (unpaired) electrons. The summed E-state index contributed by atoms with van der Waals surface area (Å²) < 4.78 is 10.8. The molecule has 1 aliphatic rings. The monoisotopic (exact) mass is 319 g/mol. The first-order valence-electron chi connectivity index (χ1n) is 8.34. The van der Waals surface area contributed by atoms with E-state index in [0.717, 1.165) is 49.2 Å². The van der Waals surface area contributed by atoms with Crippen molar-refractivity contribution in [3.63, 3.8) is 0 Å². The molecule has 3 rings (SSSR count). The van der Waals surface area contributed by atoms with E-state index in [0.29, 0.717) is 18.5 Å². The number of aryl methyl sites for hydroxylation is 3. The zero-order chi connectivity index (χ0) is 16.2. The van der Waals surface area contributed by atoms with Crippen molar-refractivity contribution < 1.29 is 8.94 Å². The van der Waals surface area contributed by atoms with E-state index < -0.39 is 0 Å². The molecule has 7 heteroatoms. The molecule has 0 saturated carbocycles. The van der Waals surface area contributed by atoms with Crippen LogP contribution in [0.5, 0.6) is 0 Å². The van der Waals surface area contributed by atoms with Gasteiger partial charge in [-0.3, -0.25) is 4.90 Å². The molecule has 7 nitrogen and oxygen atoms in total. The van der Waals surface area contributed by atoms with E-state index in [2.05, 4.69) is 25.3 Å². The molecule has 2 aromatic heterocycles. The van der Waals surface area contributed by atoms with Gasteiger partial charge in [-0.25, -0.2) is 4.98 Å². The molecule has 0 amide bonds. The van der Waals surface area contributed by atoms with E-state index in [1.54, 1.807) is 0 Å². The van der Waals surface area contributed by atoms with Gasteiger partial charge in [0.1, 0.15) is 5.76 Å². The highest BCUT2D eigenvalue weighted by molar-refractivity contribution is 5.05. The molecule has 1 N–H and O–H groups in total. The number of likely N-dealkylation sites (tertiary alicyclic amines) is 1. The Morgan fingerprint density at radius 2 is 2.13 bits per heavy atom. The van der Waals surface area contributed by atoms with Crippen LogP contribution in [0.25, 0.3) is 0 Å². The second kappa shape index (κ2) is 7.23. The number of hydrogen-bond donors (Lipinski definition) is 1. The number of nitrogens with zero attached hydrogens (tertiary/aromatic N) is 4. The first kappa shape index (κ1) is 16.1. The molecular weight excluding hydrogens is 294 g/mol. The highest BCUT2D eigenvalue weighted by Gasteiger charge is 2.21. The van der Waals surface area contributed by atoms with Gasteiger partial charge in [-0.15, -0.1) is 0 Å². The maximum atomic E-state index is 5.62. The summed E-state index contributed by atoms with van der Waals surface area (Å²) in [5, 5.41) is 7.59. The molecule has 0 spiro atoms. The average Bonchev–Trinajstić information content (AvgIpc) is 3.12. The van der Waals surface area contributed by atoms with Gasteiger partial charge in [0.25, 0.3) is 0 Å². The molecular formula is C16H25N5O2. The number of piperidine rings is 1. The van der Waals surface area contributed by atoms with E-state index in [-0.39, 0.29) is 0 Å². The third-order valence-electron chi connectivity index (χ3n) is 4.30. The number of rotatable bonds is 6. The molecule has 3 heterocycles. The van der Waals surface area contributed by atoms with Crippen LogP contribution < -0.4 is 5.32 Å². The van der Waals surface area contributed by atoms with E-state index in [1.807, 2.05) is 20.8 Å². The minimum absolute atomic E-state index is 0.439. The molecule has 1 atom stereocenters. The fourth-order valence-corrected chi connectivity index (χ4v) is 2.91. The molecule has 2 aromatic rings. The van der Waals surface area contributed by atoms with Gasteiger partial charge in [-0.2, -0.15) is 4.98 Å². The standard InChI is InChI=1S/C16H25N5O2/c1-4-15-19-14(20-23-15)10-21-7-5-6-13(9-21)17-8-16-18-11(2)12(3)22-16/h13,17H,4-10H2,1-3H3/t13-/m1/s1. The van der Waals surface area contributed by atoms with Gasteiger partial charge in [0.2, 0.25) is 11.8 Å². The van der Waals surface area contributed by atoms with Crippen molar-refractivity contribution in [2.45, 2.75) is 59.2 Å². The summed E-state index contributed by atoms with van der Waals surface area (Å²) in [7, 11) is 0. The molecule has 0 aromatic carbocycles. The molecule has 1 aliphatic heterocycles. The average molecular weight is 319 g/mol. The second-order valence-corrected chi connectivity index (χ2v) is 6.16. The molecule has 126 valence electrons. The zero-order valence-electron chi connectivity index (χ0n) is 14.1. The molecule has 0 bridgehead atoms. The highest BCUT2D eigenvalue weighted by Crippen LogP contribution is 2.14. The van der Waals surface area contributed by atoms with Gasteiger partial charge >= 0.3 is 0 Å². The minimum atomic E-state index is 0.439. The Labute approximate surface area is 136 Å². The lowest BCUT2D eigenvalue weighted by molar-refractivity contribution is 0.175. The lowest BCUT2D eigenvalue weighted by atomic mass is 10.1. The van der Waals surface area contributed by atoms with Crippen LogP contribution in [0.4, 0.5) is 0 Å². The van der Waals surface area contributed by atoms with Crippen molar-refractivity contribution in [3.8, 4) is 0 Å². The fourth-order valence-electron chi connectivity index (χ4n) is 2.91. The van der Waals surface area contributed by atoms with Crippen molar-refractivity contribution in [2.24, 2.45) is 0 Å². The predicted octanol–water partition coefficient (Wildman–Crippen LogP) is 1.99. The summed E-state index contributed by atoms with van der Waals surface area (Å²) in [6.45, 7) is 9.42. The third-order valence-corrected chi connectivity index (χ3v) is 4.30. The lowest BCUT2D eigenvalue weighted by Crippen LogP contribution is -2.45. The summed E-state index contributed by atoms with van der Waals surface area (Å²) in [6, 6.07) is 0.439. The maximum absolute atomic E-state index is 5.62. The molecule has 1 fully saturated rings. The van der Waals surface area contributed by atoms with Crippen LogP contribution in [0.3, 0.4) is 0 Å². The number of aromatic nitrogens is 3. The molecule has 23 heavy (non-hydrogen) atoms. The Morgan fingerprint density at radius 1 is 1.26 bits per heavy atom. The maximum Gasteiger partial charge on any atom is 0.226 e. The van der Waals surface area contributed by atoms with E-state index >= 15 is 0 Å². The van der Waals surface area contributed by atoms with Gasteiger partial charge in [0.15, 0.2) is 5.82 Å².